The largest absolute Gasteiger partial charge is 0.386 e. The van der Waals surface area contributed by atoms with E-state index >= 15 is 0 Å². The van der Waals surface area contributed by atoms with Crippen molar-refractivity contribution in [2.75, 3.05) is 0 Å². The number of amides is 2. The Morgan fingerprint density at radius 2 is 1.75 bits per heavy atom. The number of nitrogens with zero attached hydrogens (tertiary/aromatic N) is 2. The van der Waals surface area contributed by atoms with Crippen LogP contribution in [-0.4, -0.2) is 28.0 Å². The van der Waals surface area contributed by atoms with Gasteiger partial charge >= 0.3 is 5.97 Å². The van der Waals surface area contributed by atoms with Crippen LogP contribution < -0.4 is 0 Å². The molecule has 0 N–H and O–H groups in total. The molecule has 0 atom stereocenters. The van der Waals surface area contributed by atoms with Crippen LogP contribution in [-0.2, 0) is 4.84 Å². The van der Waals surface area contributed by atoms with Crippen molar-refractivity contribution in [2.24, 2.45) is 0 Å². The van der Waals surface area contributed by atoms with Crippen LogP contribution >= 0.6 is 11.6 Å². The number of fused-ring (bicyclic) bond motifs is 2. The number of halogens is 1. The maximum atomic E-state index is 12.3. The van der Waals surface area contributed by atoms with E-state index in [4.69, 9.17) is 21.0 Å². The first-order chi connectivity index (χ1) is 11.6. The van der Waals surface area contributed by atoms with Crippen molar-refractivity contribution in [2.45, 2.75) is 0 Å². The number of hydrogen-bond acceptors (Lipinski definition) is 6. The molecular formula is C16H7ClN2O5. The highest BCUT2D eigenvalue weighted by molar-refractivity contribution is 6.31. The second-order valence-corrected chi connectivity index (χ2v) is 5.44. The van der Waals surface area contributed by atoms with E-state index in [2.05, 4.69) is 5.16 Å². The van der Waals surface area contributed by atoms with Gasteiger partial charge in [0.25, 0.3) is 11.8 Å². The minimum absolute atomic E-state index is 0.154. The van der Waals surface area contributed by atoms with Crippen LogP contribution in [0.25, 0.3) is 11.0 Å². The van der Waals surface area contributed by atoms with Gasteiger partial charge in [0.15, 0.2) is 5.58 Å². The molecule has 8 heteroatoms. The second kappa shape index (κ2) is 5.17. The predicted octanol–water partition coefficient (Wildman–Crippen LogP) is 2.85. The van der Waals surface area contributed by atoms with Gasteiger partial charge in [-0.1, -0.05) is 34.0 Å². The number of hydroxylamine groups is 2. The van der Waals surface area contributed by atoms with Gasteiger partial charge in [-0.15, -0.1) is 0 Å². The predicted molar refractivity (Wildman–Crippen MR) is 81.4 cm³/mol. The molecule has 24 heavy (non-hydrogen) atoms. The summed E-state index contributed by atoms with van der Waals surface area (Å²) in [6.07, 6.45) is 0. The van der Waals surface area contributed by atoms with Crippen LogP contribution in [0.5, 0.6) is 0 Å². The number of hydrogen-bond donors (Lipinski definition) is 0. The van der Waals surface area contributed by atoms with E-state index in [-0.39, 0.29) is 22.4 Å². The summed E-state index contributed by atoms with van der Waals surface area (Å²) in [5, 5.41) is 4.82. The minimum atomic E-state index is -0.981. The number of aromatic nitrogens is 1. The average molecular weight is 343 g/mol. The normalized spacial score (nSPS) is 13.5. The molecule has 0 fully saturated rings. The summed E-state index contributed by atoms with van der Waals surface area (Å²) < 4.78 is 5.01. The standard InChI is InChI=1S/C16H7ClN2O5/c17-8-5-6-11-12(7-8)23-18-13(11)16(22)24-19-14(20)9-3-1-2-4-10(9)15(19)21/h1-7H. The molecule has 0 radical (unpaired) electrons. The quantitative estimate of drug-likeness (QED) is 0.665. The molecule has 1 aliphatic rings. The van der Waals surface area contributed by atoms with E-state index in [1.54, 1.807) is 18.2 Å². The molecule has 118 valence electrons. The Morgan fingerprint density at radius 3 is 2.42 bits per heavy atom. The van der Waals surface area contributed by atoms with E-state index in [0.717, 1.165) is 0 Å². The number of imide groups is 1. The Hall–Kier alpha value is -3.19. The van der Waals surface area contributed by atoms with Gasteiger partial charge in [-0.25, -0.2) is 4.79 Å². The Bertz CT molecular complexity index is 991. The SMILES string of the molecule is O=C(ON1C(=O)c2ccccc2C1=O)c1noc2cc(Cl)ccc12. The van der Waals surface area contributed by atoms with Crippen LogP contribution in [0.2, 0.25) is 5.02 Å². The molecule has 1 aromatic heterocycles. The van der Waals surface area contributed by atoms with E-state index in [0.29, 0.717) is 15.5 Å². The molecular weight excluding hydrogens is 336 g/mol. The average Bonchev–Trinajstić information content (AvgIpc) is 3.10. The summed E-state index contributed by atoms with van der Waals surface area (Å²) in [4.78, 5) is 41.6. The van der Waals surface area contributed by atoms with E-state index in [1.807, 2.05) is 0 Å². The Kier molecular flexibility index (Phi) is 3.10. The van der Waals surface area contributed by atoms with Gasteiger partial charge in [-0.2, -0.15) is 0 Å². The van der Waals surface area contributed by atoms with Crippen molar-refractivity contribution in [3.05, 3.63) is 64.3 Å². The zero-order chi connectivity index (χ0) is 16.8. The second-order valence-electron chi connectivity index (χ2n) is 5.00. The molecule has 1 aliphatic heterocycles. The van der Waals surface area contributed by atoms with Crippen LogP contribution in [0, 0.1) is 0 Å². The van der Waals surface area contributed by atoms with Crippen LogP contribution in [0.15, 0.2) is 47.0 Å². The third kappa shape index (κ3) is 2.06. The third-order valence-electron chi connectivity index (χ3n) is 3.56. The lowest BCUT2D eigenvalue weighted by atomic mass is 10.1. The molecule has 4 rings (SSSR count). The van der Waals surface area contributed by atoms with Crippen molar-refractivity contribution in [1.82, 2.24) is 10.2 Å². The molecule has 2 aromatic carbocycles. The minimum Gasteiger partial charge on any atom is -0.355 e. The molecule has 0 saturated carbocycles. The summed E-state index contributed by atoms with van der Waals surface area (Å²) in [5.41, 5.74) is 0.481. The van der Waals surface area contributed by atoms with Crippen LogP contribution in [0.3, 0.4) is 0 Å². The van der Waals surface area contributed by atoms with Crippen molar-refractivity contribution >= 4 is 40.4 Å². The van der Waals surface area contributed by atoms with Crippen molar-refractivity contribution in [1.29, 1.82) is 0 Å². The molecule has 3 aromatic rings. The molecule has 0 bridgehead atoms. The van der Waals surface area contributed by atoms with Crippen molar-refractivity contribution in [3.8, 4) is 0 Å². The lowest BCUT2D eigenvalue weighted by Crippen LogP contribution is -2.32. The Labute approximate surface area is 139 Å². The molecule has 0 saturated heterocycles. The lowest BCUT2D eigenvalue weighted by molar-refractivity contribution is -0.0589. The molecule has 2 heterocycles. The zero-order valence-corrected chi connectivity index (χ0v) is 12.6. The van der Waals surface area contributed by atoms with E-state index < -0.39 is 17.8 Å². The maximum Gasteiger partial charge on any atom is 0.386 e. The van der Waals surface area contributed by atoms with Gasteiger partial charge in [-0.05, 0) is 24.3 Å². The molecule has 0 unspecified atom stereocenters. The van der Waals surface area contributed by atoms with Crippen LogP contribution in [0.4, 0.5) is 0 Å². The number of carbonyl (C=O) groups excluding carboxylic acids is 3. The van der Waals surface area contributed by atoms with Gasteiger partial charge in [0.1, 0.15) is 0 Å². The van der Waals surface area contributed by atoms with E-state index in [9.17, 15) is 14.4 Å². The molecule has 2 amide bonds. The molecule has 0 aliphatic carbocycles. The number of carbonyl (C=O) groups is 3. The topological polar surface area (TPSA) is 89.7 Å². The first-order valence-electron chi connectivity index (χ1n) is 6.81. The lowest BCUT2D eigenvalue weighted by Gasteiger charge is -2.11. The van der Waals surface area contributed by atoms with Gasteiger partial charge in [0.05, 0.1) is 16.5 Å². The monoisotopic (exact) mass is 342 g/mol. The summed E-state index contributed by atoms with van der Waals surface area (Å²) in [6, 6.07) is 10.8. The first kappa shape index (κ1) is 14.4. The summed E-state index contributed by atoms with van der Waals surface area (Å²) >= 11 is 5.83. The highest BCUT2D eigenvalue weighted by atomic mass is 35.5. The fourth-order valence-corrected chi connectivity index (χ4v) is 2.60. The van der Waals surface area contributed by atoms with Gasteiger partial charge in [-0.3, -0.25) is 9.59 Å². The third-order valence-corrected chi connectivity index (χ3v) is 3.79. The van der Waals surface area contributed by atoms with Crippen molar-refractivity contribution < 1.29 is 23.7 Å². The van der Waals surface area contributed by atoms with E-state index in [1.165, 1.54) is 24.3 Å². The fourth-order valence-electron chi connectivity index (χ4n) is 2.43. The smallest absolute Gasteiger partial charge is 0.355 e. The summed E-state index contributed by atoms with van der Waals surface area (Å²) in [6.45, 7) is 0. The van der Waals surface area contributed by atoms with Gasteiger partial charge < -0.3 is 9.36 Å². The summed E-state index contributed by atoms with van der Waals surface area (Å²) in [5.74, 6) is -2.40. The fraction of sp³-hybridized carbons (Fsp3) is 0. The highest BCUT2D eigenvalue weighted by Gasteiger charge is 2.39. The molecule has 7 nitrogen and oxygen atoms in total. The Balaban J connectivity index is 1.65. The van der Waals surface area contributed by atoms with Gasteiger partial charge in [0, 0.05) is 11.1 Å². The molecule has 0 spiro atoms. The highest BCUT2D eigenvalue weighted by Crippen LogP contribution is 2.26. The maximum absolute atomic E-state index is 12.3. The van der Waals surface area contributed by atoms with Crippen LogP contribution in [0.1, 0.15) is 31.2 Å². The first-order valence-corrected chi connectivity index (χ1v) is 7.19. The number of benzene rings is 2. The Morgan fingerprint density at radius 1 is 1.08 bits per heavy atom. The van der Waals surface area contributed by atoms with Gasteiger partial charge in [0.2, 0.25) is 5.69 Å². The number of rotatable bonds is 2. The van der Waals surface area contributed by atoms with Crippen molar-refractivity contribution in [3.63, 3.8) is 0 Å². The zero-order valence-electron chi connectivity index (χ0n) is 11.9. The summed E-state index contributed by atoms with van der Waals surface area (Å²) in [7, 11) is 0.